The van der Waals surface area contributed by atoms with E-state index < -0.39 is 11.8 Å². The van der Waals surface area contributed by atoms with Gasteiger partial charge in [0.1, 0.15) is 6.10 Å². The molecule has 7 heteroatoms. The maximum atomic E-state index is 10.8. The molecule has 2 rings (SSSR count). The summed E-state index contributed by atoms with van der Waals surface area (Å²) in [6.07, 6.45) is -0.111. The molecule has 0 aromatic rings. The molecule has 0 saturated carbocycles. The van der Waals surface area contributed by atoms with Crippen molar-refractivity contribution in [2.75, 3.05) is 26.4 Å². The van der Waals surface area contributed by atoms with E-state index in [0.717, 1.165) is 0 Å². The van der Waals surface area contributed by atoms with Crippen molar-refractivity contribution in [1.29, 1.82) is 0 Å². The zero-order chi connectivity index (χ0) is 10.7. The van der Waals surface area contributed by atoms with Crippen molar-refractivity contribution in [2.45, 2.75) is 6.10 Å². The number of rotatable bonds is 2. The van der Waals surface area contributed by atoms with Crippen molar-refractivity contribution >= 4 is 17.8 Å². The molecule has 2 N–H and O–H groups in total. The summed E-state index contributed by atoms with van der Waals surface area (Å²) in [5.74, 6) is -1.19. The number of hydrogen-bond donors (Lipinski definition) is 2. The number of carbonyl (C=O) groups excluding carboxylic acids is 2. The first-order valence-electron chi connectivity index (χ1n) is 4.62. The molecule has 1 unspecified atom stereocenters. The van der Waals surface area contributed by atoms with Crippen LogP contribution >= 0.6 is 0 Å². The molecule has 2 aliphatic rings. The molecular weight excluding hydrogens is 202 g/mol. The Morgan fingerprint density at radius 2 is 2.00 bits per heavy atom. The van der Waals surface area contributed by atoms with E-state index in [0.29, 0.717) is 26.4 Å². The van der Waals surface area contributed by atoms with Gasteiger partial charge in [-0.15, -0.1) is 0 Å². The molecule has 0 aliphatic carbocycles. The molecule has 1 atom stereocenters. The molecule has 15 heavy (non-hydrogen) atoms. The molecule has 0 bridgehead atoms. The zero-order valence-corrected chi connectivity index (χ0v) is 7.99. The molecule has 7 nitrogen and oxygen atoms in total. The van der Waals surface area contributed by atoms with Gasteiger partial charge < -0.3 is 9.47 Å². The van der Waals surface area contributed by atoms with Crippen LogP contribution in [0, 0.1) is 0 Å². The van der Waals surface area contributed by atoms with Crippen LogP contribution in [-0.4, -0.2) is 50.2 Å². The van der Waals surface area contributed by atoms with Gasteiger partial charge in [-0.1, -0.05) is 0 Å². The average molecular weight is 213 g/mol. The highest BCUT2D eigenvalue weighted by atomic mass is 16.6. The summed E-state index contributed by atoms with van der Waals surface area (Å²) in [5, 5.41) is 4.59. The van der Waals surface area contributed by atoms with Gasteiger partial charge in [0.2, 0.25) is 5.96 Å². The third kappa shape index (κ3) is 2.51. The molecule has 0 aromatic heterocycles. The lowest BCUT2D eigenvalue weighted by Crippen LogP contribution is -2.33. The monoisotopic (exact) mass is 213 g/mol. The summed E-state index contributed by atoms with van der Waals surface area (Å²) >= 11 is 0. The van der Waals surface area contributed by atoms with Crippen LogP contribution in [0.25, 0.3) is 0 Å². The van der Waals surface area contributed by atoms with E-state index in [2.05, 4.69) is 15.6 Å². The van der Waals surface area contributed by atoms with E-state index in [-0.39, 0.29) is 12.1 Å². The molecule has 0 spiro atoms. The second-order valence-electron chi connectivity index (χ2n) is 3.17. The summed E-state index contributed by atoms with van der Waals surface area (Å²) in [5.41, 5.74) is 0. The Hall–Kier alpha value is -1.47. The molecule has 2 heterocycles. The minimum atomic E-state index is -0.686. The lowest BCUT2D eigenvalue weighted by atomic mass is 10.3. The van der Waals surface area contributed by atoms with E-state index in [4.69, 9.17) is 9.47 Å². The summed E-state index contributed by atoms with van der Waals surface area (Å²) in [7, 11) is 0. The van der Waals surface area contributed by atoms with E-state index in [1.165, 1.54) is 0 Å². The molecule has 2 fully saturated rings. The molecule has 82 valence electrons. The van der Waals surface area contributed by atoms with Crippen LogP contribution in [0.3, 0.4) is 0 Å². The molecule has 2 saturated heterocycles. The predicted octanol–water partition coefficient (Wildman–Crippen LogP) is -2.00. The smallest absolute Gasteiger partial charge is 0.316 e. The van der Waals surface area contributed by atoms with E-state index in [1.807, 2.05) is 0 Å². The number of aliphatic imine (C=N–C) groups is 1. The van der Waals surface area contributed by atoms with Gasteiger partial charge in [0.05, 0.1) is 26.4 Å². The maximum absolute atomic E-state index is 10.8. The van der Waals surface area contributed by atoms with E-state index >= 15 is 0 Å². The molecule has 2 aliphatic heterocycles. The van der Waals surface area contributed by atoms with E-state index in [9.17, 15) is 9.59 Å². The van der Waals surface area contributed by atoms with Crippen LogP contribution in [0.15, 0.2) is 4.99 Å². The maximum Gasteiger partial charge on any atom is 0.316 e. The van der Waals surface area contributed by atoms with Gasteiger partial charge in [-0.2, -0.15) is 0 Å². The Kier molecular flexibility index (Phi) is 2.93. The zero-order valence-electron chi connectivity index (χ0n) is 7.99. The van der Waals surface area contributed by atoms with Crippen LogP contribution in [0.2, 0.25) is 0 Å². The highest BCUT2D eigenvalue weighted by molar-refractivity contribution is 6.45. The van der Waals surface area contributed by atoms with Gasteiger partial charge in [-0.05, 0) is 0 Å². The Balaban J connectivity index is 1.83. The van der Waals surface area contributed by atoms with Crippen LogP contribution < -0.4 is 10.6 Å². The number of nitrogens with one attached hydrogen (secondary N) is 2. The third-order valence-electron chi connectivity index (χ3n) is 2.01. The van der Waals surface area contributed by atoms with Crippen molar-refractivity contribution in [3.05, 3.63) is 0 Å². The first kappa shape index (κ1) is 10.1. The number of amides is 2. The normalized spacial score (nSPS) is 26.1. The van der Waals surface area contributed by atoms with Gasteiger partial charge in [0.25, 0.3) is 0 Å². The quantitative estimate of drug-likeness (QED) is 0.519. The highest BCUT2D eigenvalue weighted by Gasteiger charge is 2.25. The number of nitrogens with zero attached hydrogens (tertiary/aromatic N) is 1. The Morgan fingerprint density at radius 3 is 2.60 bits per heavy atom. The fourth-order valence-corrected chi connectivity index (χ4v) is 1.27. The number of hydrogen-bond acceptors (Lipinski definition) is 5. The third-order valence-corrected chi connectivity index (χ3v) is 2.01. The van der Waals surface area contributed by atoms with Gasteiger partial charge in [-0.25, -0.2) is 4.99 Å². The van der Waals surface area contributed by atoms with E-state index in [1.54, 1.807) is 0 Å². The Morgan fingerprint density at radius 1 is 1.27 bits per heavy atom. The minimum absolute atomic E-state index is 0.111. The molecule has 2 amide bonds. The van der Waals surface area contributed by atoms with Crippen LogP contribution in [0.1, 0.15) is 0 Å². The van der Waals surface area contributed by atoms with Crippen molar-refractivity contribution in [3.8, 4) is 0 Å². The second kappa shape index (κ2) is 4.37. The lowest BCUT2D eigenvalue weighted by Gasteiger charge is -2.21. The summed E-state index contributed by atoms with van der Waals surface area (Å²) in [6, 6.07) is 0. The van der Waals surface area contributed by atoms with Gasteiger partial charge >= 0.3 is 11.8 Å². The predicted molar refractivity (Wildman–Crippen MR) is 49.1 cm³/mol. The van der Waals surface area contributed by atoms with Gasteiger partial charge in [0, 0.05) is 0 Å². The standard InChI is InChI=1S/C8H11N3O4/c12-6-7(13)11-8(10-6)9-3-5-4-14-1-2-15-5/h5H,1-4H2,(H2,9,10,11,12,13). The van der Waals surface area contributed by atoms with Crippen molar-refractivity contribution in [2.24, 2.45) is 4.99 Å². The molecular formula is C8H11N3O4. The average Bonchev–Trinajstić information content (AvgIpc) is 2.57. The Labute approximate surface area is 85.8 Å². The largest absolute Gasteiger partial charge is 0.376 e. The summed E-state index contributed by atoms with van der Waals surface area (Å²) in [6.45, 7) is 1.99. The highest BCUT2D eigenvalue weighted by Crippen LogP contribution is 2.00. The Bertz CT molecular complexity index is 291. The fraction of sp³-hybridized carbons (Fsp3) is 0.625. The number of carbonyl (C=O) groups is 2. The van der Waals surface area contributed by atoms with Gasteiger partial charge in [0.15, 0.2) is 0 Å². The molecule has 0 aromatic carbocycles. The van der Waals surface area contributed by atoms with Crippen molar-refractivity contribution in [3.63, 3.8) is 0 Å². The van der Waals surface area contributed by atoms with Gasteiger partial charge in [-0.3, -0.25) is 20.2 Å². The lowest BCUT2D eigenvalue weighted by molar-refractivity contribution is -0.135. The SMILES string of the molecule is O=C1NC(=NCC2COCCO2)NC1=O. The van der Waals surface area contributed by atoms with Crippen molar-refractivity contribution in [1.82, 2.24) is 10.6 Å². The summed E-state index contributed by atoms with van der Waals surface area (Å²) in [4.78, 5) is 25.5. The number of guanidine groups is 1. The summed E-state index contributed by atoms with van der Waals surface area (Å²) < 4.78 is 10.5. The second-order valence-corrected chi connectivity index (χ2v) is 3.17. The van der Waals surface area contributed by atoms with Crippen LogP contribution in [0.5, 0.6) is 0 Å². The van der Waals surface area contributed by atoms with Crippen LogP contribution in [0.4, 0.5) is 0 Å². The number of ether oxygens (including phenoxy) is 2. The molecule has 0 radical (unpaired) electrons. The topological polar surface area (TPSA) is 89.0 Å². The fourth-order valence-electron chi connectivity index (χ4n) is 1.27. The van der Waals surface area contributed by atoms with Crippen molar-refractivity contribution < 1.29 is 19.1 Å². The minimum Gasteiger partial charge on any atom is -0.376 e. The first-order chi connectivity index (χ1) is 7.25. The first-order valence-corrected chi connectivity index (χ1v) is 4.62. The van der Waals surface area contributed by atoms with Crippen LogP contribution in [-0.2, 0) is 19.1 Å².